The van der Waals surface area contributed by atoms with Crippen molar-refractivity contribution in [2.24, 2.45) is 0 Å². The zero-order valence-electron chi connectivity index (χ0n) is 12.5. The van der Waals surface area contributed by atoms with E-state index in [0.29, 0.717) is 0 Å². The Labute approximate surface area is 128 Å². The molecular weight excluding hydrogens is 304 g/mol. The van der Waals surface area contributed by atoms with Crippen LogP contribution in [0.25, 0.3) is 0 Å². The molecule has 10 nitrogen and oxygen atoms in total. The van der Waals surface area contributed by atoms with Gasteiger partial charge in [0, 0.05) is 0 Å². The minimum atomic E-state index is -1.51. The van der Waals surface area contributed by atoms with Crippen LogP contribution in [0.1, 0.15) is 13.8 Å². The Morgan fingerprint density at radius 2 is 0.727 bits per heavy atom. The highest BCUT2D eigenvalue weighted by molar-refractivity contribution is 4.78. The molecule has 0 aliphatic carbocycles. The predicted molar refractivity (Wildman–Crippen MR) is 73.6 cm³/mol. The molecule has 0 bridgehead atoms. The molecule has 0 aromatic rings. The van der Waals surface area contributed by atoms with Crippen molar-refractivity contribution in [1.82, 2.24) is 0 Å². The van der Waals surface area contributed by atoms with Crippen LogP contribution in [-0.4, -0.2) is 113 Å². The van der Waals surface area contributed by atoms with Crippen molar-refractivity contribution in [3.8, 4) is 0 Å². The van der Waals surface area contributed by atoms with Gasteiger partial charge in [0.05, 0.1) is 25.4 Å². The number of hydrogen-bond acceptors (Lipinski definition) is 10. The van der Waals surface area contributed by atoms with Gasteiger partial charge >= 0.3 is 0 Å². The van der Waals surface area contributed by atoms with Crippen molar-refractivity contribution in [3.63, 3.8) is 0 Å². The molecule has 0 aliphatic rings. The second kappa shape index (κ2) is 12.1. The van der Waals surface area contributed by atoms with Crippen LogP contribution in [0.5, 0.6) is 0 Å². The minimum Gasteiger partial charge on any atom is -0.394 e. The van der Waals surface area contributed by atoms with Crippen LogP contribution in [0.2, 0.25) is 0 Å². The van der Waals surface area contributed by atoms with Gasteiger partial charge in [-0.3, -0.25) is 0 Å². The normalized spacial score (nSPS) is 22.4. The Morgan fingerprint density at radius 3 is 0.864 bits per heavy atom. The summed E-state index contributed by atoms with van der Waals surface area (Å²) < 4.78 is 0. The fraction of sp³-hybridized carbons (Fsp3) is 1.00. The molecule has 0 radical (unpaired) electrons. The van der Waals surface area contributed by atoms with Crippen LogP contribution in [0, 0.1) is 0 Å². The third-order valence-electron chi connectivity index (χ3n) is 2.85. The van der Waals surface area contributed by atoms with Gasteiger partial charge in [-0.15, -0.1) is 0 Å². The van der Waals surface area contributed by atoms with Gasteiger partial charge in [-0.1, -0.05) is 0 Å². The van der Waals surface area contributed by atoms with Gasteiger partial charge in [0.15, 0.2) is 0 Å². The molecule has 136 valence electrons. The van der Waals surface area contributed by atoms with Gasteiger partial charge in [-0.25, -0.2) is 0 Å². The predicted octanol–water partition coefficient (Wildman–Crippen LogP) is -5.12. The lowest BCUT2D eigenvalue weighted by molar-refractivity contribution is -0.110. The summed E-state index contributed by atoms with van der Waals surface area (Å²) >= 11 is 0. The van der Waals surface area contributed by atoms with Crippen LogP contribution in [0.4, 0.5) is 0 Å². The summed E-state index contributed by atoms with van der Waals surface area (Å²) in [5.74, 6) is 0. The van der Waals surface area contributed by atoms with E-state index < -0.39 is 62.0 Å². The van der Waals surface area contributed by atoms with E-state index in [1.165, 1.54) is 13.8 Å². The van der Waals surface area contributed by atoms with Gasteiger partial charge in [0.25, 0.3) is 0 Å². The molecule has 0 aliphatic heterocycles. The van der Waals surface area contributed by atoms with Crippen LogP contribution < -0.4 is 0 Å². The summed E-state index contributed by atoms with van der Waals surface area (Å²) in [5.41, 5.74) is 0. The van der Waals surface area contributed by atoms with E-state index in [2.05, 4.69) is 0 Å². The average molecular weight is 332 g/mol. The summed E-state index contributed by atoms with van der Waals surface area (Å²) in [7, 11) is 0. The fourth-order valence-corrected chi connectivity index (χ4v) is 1.24. The molecule has 0 amide bonds. The molecule has 0 fully saturated rings. The molecule has 0 heterocycles. The van der Waals surface area contributed by atoms with E-state index in [4.69, 9.17) is 51.1 Å². The first kappa shape index (κ1) is 23.9. The van der Waals surface area contributed by atoms with E-state index in [-0.39, 0.29) is 0 Å². The highest BCUT2D eigenvalue weighted by atomic mass is 16.4. The molecule has 10 N–H and O–H groups in total. The smallest absolute Gasteiger partial charge is 0.110 e. The highest BCUT2D eigenvalue weighted by Crippen LogP contribution is 2.04. The standard InChI is InChI=1S/2C6H14O5/c2*1-3(8)5(10)6(11)4(9)2-7/h2*3-11H,2H2,1H3/t2*3-,4+,5+,6-/m00/s1. The van der Waals surface area contributed by atoms with Crippen molar-refractivity contribution in [3.05, 3.63) is 0 Å². The van der Waals surface area contributed by atoms with E-state index >= 15 is 0 Å². The Hall–Kier alpha value is -0.400. The molecule has 0 saturated heterocycles. The molecule has 0 rings (SSSR count). The van der Waals surface area contributed by atoms with Crippen molar-refractivity contribution in [2.75, 3.05) is 13.2 Å². The number of hydrogen-bond donors (Lipinski definition) is 10. The van der Waals surface area contributed by atoms with Gasteiger partial charge < -0.3 is 51.1 Å². The van der Waals surface area contributed by atoms with E-state index in [1.807, 2.05) is 0 Å². The first-order chi connectivity index (χ1) is 10.0. The van der Waals surface area contributed by atoms with Crippen molar-refractivity contribution in [2.45, 2.75) is 62.7 Å². The lowest BCUT2D eigenvalue weighted by Gasteiger charge is -2.23. The van der Waals surface area contributed by atoms with Crippen molar-refractivity contribution < 1.29 is 51.1 Å². The van der Waals surface area contributed by atoms with Crippen LogP contribution >= 0.6 is 0 Å². The average Bonchev–Trinajstić information content (AvgIpc) is 2.50. The second-order valence-electron chi connectivity index (χ2n) is 4.94. The molecule has 0 aromatic carbocycles. The monoisotopic (exact) mass is 332 g/mol. The quantitative estimate of drug-likeness (QED) is 0.205. The Bertz CT molecular complexity index is 236. The summed E-state index contributed by atoms with van der Waals surface area (Å²) in [6.45, 7) is 1.26. The summed E-state index contributed by atoms with van der Waals surface area (Å²) in [6, 6.07) is 0. The maximum Gasteiger partial charge on any atom is 0.110 e. The molecule has 0 aromatic heterocycles. The van der Waals surface area contributed by atoms with Crippen molar-refractivity contribution in [1.29, 1.82) is 0 Å². The maximum absolute atomic E-state index is 8.94. The van der Waals surface area contributed by atoms with Crippen LogP contribution in [-0.2, 0) is 0 Å². The topological polar surface area (TPSA) is 202 Å². The molecule has 10 heteroatoms. The van der Waals surface area contributed by atoms with E-state index in [0.717, 1.165) is 0 Å². The summed E-state index contributed by atoms with van der Waals surface area (Å²) in [4.78, 5) is 0. The van der Waals surface area contributed by atoms with E-state index in [9.17, 15) is 0 Å². The Morgan fingerprint density at radius 1 is 0.500 bits per heavy atom. The number of aliphatic hydroxyl groups excluding tert-OH is 10. The Balaban J connectivity index is 0. The molecule has 0 saturated carbocycles. The molecule has 22 heavy (non-hydrogen) atoms. The zero-order chi connectivity index (χ0) is 18.0. The Kier molecular flexibility index (Phi) is 13.1. The van der Waals surface area contributed by atoms with Gasteiger partial charge in [0.1, 0.15) is 36.6 Å². The van der Waals surface area contributed by atoms with Crippen LogP contribution in [0.3, 0.4) is 0 Å². The lowest BCUT2D eigenvalue weighted by Crippen LogP contribution is -2.44. The SMILES string of the molecule is C[C@H](O)[C@@H](O)[C@@H](O)[C@H](O)CO.C[C@H](O)[C@@H](O)[C@@H](O)[C@H](O)CO. The number of aliphatic hydroxyl groups is 10. The lowest BCUT2D eigenvalue weighted by atomic mass is 10.1. The third-order valence-corrected chi connectivity index (χ3v) is 2.85. The van der Waals surface area contributed by atoms with Gasteiger partial charge in [-0.2, -0.15) is 0 Å². The fourth-order valence-electron chi connectivity index (χ4n) is 1.24. The van der Waals surface area contributed by atoms with E-state index in [1.54, 1.807) is 0 Å². The largest absolute Gasteiger partial charge is 0.394 e. The molecule has 8 atom stereocenters. The summed E-state index contributed by atoms with van der Waals surface area (Å²) in [6.07, 6.45) is -11.0. The number of rotatable bonds is 8. The van der Waals surface area contributed by atoms with Crippen molar-refractivity contribution >= 4 is 0 Å². The minimum absolute atomic E-state index is 0.648. The van der Waals surface area contributed by atoms with Crippen LogP contribution in [0.15, 0.2) is 0 Å². The highest BCUT2D eigenvalue weighted by Gasteiger charge is 2.27. The zero-order valence-corrected chi connectivity index (χ0v) is 12.5. The van der Waals surface area contributed by atoms with Gasteiger partial charge in [-0.05, 0) is 13.8 Å². The summed E-state index contributed by atoms with van der Waals surface area (Å²) in [5, 5.41) is 87.4. The van der Waals surface area contributed by atoms with Gasteiger partial charge in [0.2, 0.25) is 0 Å². The second-order valence-corrected chi connectivity index (χ2v) is 4.94. The first-order valence-electron chi connectivity index (χ1n) is 6.67. The maximum atomic E-state index is 8.94. The first-order valence-corrected chi connectivity index (χ1v) is 6.67. The third kappa shape index (κ3) is 8.90. The molecule has 0 spiro atoms. The molecule has 0 unspecified atom stereocenters. The molecular formula is C12H28O10.